The summed E-state index contributed by atoms with van der Waals surface area (Å²) in [7, 11) is 0. The van der Waals surface area contributed by atoms with Crippen molar-refractivity contribution in [1.29, 1.82) is 0 Å². The molecule has 0 saturated carbocycles. The molecule has 0 radical (unpaired) electrons. The first-order valence-corrected chi connectivity index (χ1v) is 4.06. The maximum atomic E-state index is 10.5. The summed E-state index contributed by atoms with van der Waals surface area (Å²) < 4.78 is 4.78. The van der Waals surface area contributed by atoms with Crippen molar-refractivity contribution in [3.8, 4) is 0 Å². The van der Waals surface area contributed by atoms with E-state index in [0.717, 1.165) is 19.3 Å². The van der Waals surface area contributed by atoms with Gasteiger partial charge in [0, 0.05) is 0 Å². The van der Waals surface area contributed by atoms with Crippen LogP contribution in [0, 0.1) is 0 Å². The van der Waals surface area contributed by atoms with Crippen LogP contribution in [0.3, 0.4) is 0 Å². The Morgan fingerprint density at radius 1 is 1.50 bits per heavy atom. The molecule has 0 atom stereocenters. The van der Waals surface area contributed by atoms with Crippen LogP contribution in [0.5, 0.6) is 0 Å². The number of carbonyl (C=O) groups is 1. The molecular weight excluding hydrogens is 160 g/mol. The lowest BCUT2D eigenvalue weighted by Crippen LogP contribution is -2.27. The van der Waals surface area contributed by atoms with E-state index in [1.165, 1.54) is 0 Å². The second-order valence-electron chi connectivity index (χ2n) is 3.31. The van der Waals surface area contributed by atoms with Crippen molar-refractivity contribution in [3.63, 3.8) is 0 Å². The summed E-state index contributed by atoms with van der Waals surface area (Å²) in [5.41, 5.74) is -0.560. The predicted molar refractivity (Wildman–Crippen MR) is 43.8 cm³/mol. The fourth-order valence-electron chi connectivity index (χ4n) is 0.898. The Hall–Kier alpha value is -0.770. The van der Waals surface area contributed by atoms with Crippen molar-refractivity contribution in [2.75, 3.05) is 0 Å². The quantitative estimate of drug-likeness (QED) is 0.406. The maximum absolute atomic E-state index is 10.5. The molecule has 4 nitrogen and oxygen atoms in total. The van der Waals surface area contributed by atoms with E-state index in [1.54, 1.807) is 13.8 Å². The topological polar surface area (TPSA) is 55.8 Å². The van der Waals surface area contributed by atoms with Gasteiger partial charge in [-0.3, -0.25) is 4.89 Å². The van der Waals surface area contributed by atoms with Crippen molar-refractivity contribution < 1.29 is 19.7 Å². The molecule has 0 aliphatic rings. The van der Waals surface area contributed by atoms with Gasteiger partial charge < -0.3 is 4.74 Å². The highest BCUT2D eigenvalue weighted by Gasteiger charge is 2.22. The Kier molecular flexibility index (Phi) is 4.66. The summed E-state index contributed by atoms with van der Waals surface area (Å²) >= 11 is 0. The van der Waals surface area contributed by atoms with E-state index in [0.29, 0.717) is 0 Å². The number of ether oxygens (including phenoxy) is 1. The zero-order valence-electron chi connectivity index (χ0n) is 7.79. The minimum Gasteiger partial charge on any atom is -0.426 e. The monoisotopic (exact) mass is 176 g/mol. The molecule has 1 N–H and O–H groups in total. The van der Waals surface area contributed by atoms with Crippen molar-refractivity contribution >= 4 is 6.16 Å². The Labute approximate surface area is 72.4 Å². The molecule has 0 heterocycles. The van der Waals surface area contributed by atoms with Gasteiger partial charge in [0.2, 0.25) is 0 Å². The van der Waals surface area contributed by atoms with Crippen LogP contribution in [0.1, 0.15) is 40.0 Å². The summed E-state index contributed by atoms with van der Waals surface area (Å²) in [4.78, 5) is 13.9. The summed E-state index contributed by atoms with van der Waals surface area (Å²) in [6, 6.07) is 0. The Bertz CT molecular complexity index is 142. The van der Waals surface area contributed by atoms with Gasteiger partial charge in [0.1, 0.15) is 5.60 Å². The maximum Gasteiger partial charge on any atom is 0.540 e. The SMILES string of the molecule is CCCCC(C)(C)OC(=O)OO. The normalized spacial score (nSPS) is 11.0. The average molecular weight is 176 g/mol. The molecule has 0 aromatic rings. The fourth-order valence-corrected chi connectivity index (χ4v) is 0.898. The van der Waals surface area contributed by atoms with Gasteiger partial charge >= 0.3 is 6.16 Å². The zero-order chi connectivity index (χ0) is 9.61. The number of carbonyl (C=O) groups excluding carboxylic acids is 1. The van der Waals surface area contributed by atoms with Crippen molar-refractivity contribution in [2.24, 2.45) is 0 Å². The zero-order valence-corrected chi connectivity index (χ0v) is 7.79. The second kappa shape index (κ2) is 4.98. The Morgan fingerprint density at radius 2 is 2.08 bits per heavy atom. The standard InChI is InChI=1S/C8H16O4/c1-4-5-6-8(2,3)11-7(9)12-10/h10H,4-6H2,1-3H3. The van der Waals surface area contributed by atoms with Crippen LogP contribution in [0.25, 0.3) is 0 Å². The van der Waals surface area contributed by atoms with Gasteiger partial charge in [0.05, 0.1) is 0 Å². The van der Waals surface area contributed by atoms with Gasteiger partial charge in [-0.1, -0.05) is 13.3 Å². The van der Waals surface area contributed by atoms with Crippen LogP contribution in [0.4, 0.5) is 4.79 Å². The number of hydrogen-bond acceptors (Lipinski definition) is 4. The lowest BCUT2D eigenvalue weighted by molar-refractivity contribution is -0.211. The van der Waals surface area contributed by atoms with Gasteiger partial charge in [0.25, 0.3) is 0 Å². The Morgan fingerprint density at radius 3 is 2.50 bits per heavy atom. The molecule has 0 aromatic carbocycles. The van der Waals surface area contributed by atoms with E-state index in [1.807, 2.05) is 0 Å². The van der Waals surface area contributed by atoms with E-state index < -0.39 is 11.8 Å². The van der Waals surface area contributed by atoms with Crippen molar-refractivity contribution in [2.45, 2.75) is 45.6 Å². The van der Waals surface area contributed by atoms with Gasteiger partial charge in [-0.15, -0.1) is 0 Å². The second-order valence-corrected chi connectivity index (χ2v) is 3.31. The highest BCUT2D eigenvalue weighted by Crippen LogP contribution is 2.18. The lowest BCUT2D eigenvalue weighted by atomic mass is 10.0. The van der Waals surface area contributed by atoms with Gasteiger partial charge in [-0.05, 0) is 26.7 Å². The van der Waals surface area contributed by atoms with Crippen molar-refractivity contribution in [1.82, 2.24) is 0 Å². The largest absolute Gasteiger partial charge is 0.540 e. The summed E-state index contributed by atoms with van der Waals surface area (Å²) in [5.74, 6) is 0. The third-order valence-corrected chi connectivity index (χ3v) is 1.57. The van der Waals surface area contributed by atoms with E-state index in [-0.39, 0.29) is 0 Å². The third kappa shape index (κ3) is 4.96. The molecule has 0 unspecified atom stereocenters. The first-order valence-electron chi connectivity index (χ1n) is 4.06. The summed E-state index contributed by atoms with van der Waals surface area (Å²) in [6.07, 6.45) is 1.74. The van der Waals surface area contributed by atoms with E-state index in [2.05, 4.69) is 11.8 Å². The van der Waals surface area contributed by atoms with Gasteiger partial charge in [-0.2, -0.15) is 5.26 Å². The highest BCUT2D eigenvalue weighted by atomic mass is 17.1. The minimum absolute atomic E-state index is 0.560. The van der Waals surface area contributed by atoms with Gasteiger partial charge in [-0.25, -0.2) is 4.79 Å². The first kappa shape index (κ1) is 11.2. The predicted octanol–water partition coefficient (Wildman–Crippen LogP) is 2.58. The molecule has 0 saturated heterocycles. The van der Waals surface area contributed by atoms with Crippen LogP contribution in [0.2, 0.25) is 0 Å². The molecule has 12 heavy (non-hydrogen) atoms. The third-order valence-electron chi connectivity index (χ3n) is 1.57. The fraction of sp³-hybridized carbons (Fsp3) is 0.875. The molecular formula is C8H16O4. The average Bonchev–Trinajstić information content (AvgIpc) is 2.00. The van der Waals surface area contributed by atoms with Gasteiger partial charge in [0.15, 0.2) is 0 Å². The van der Waals surface area contributed by atoms with Crippen LogP contribution < -0.4 is 0 Å². The highest BCUT2D eigenvalue weighted by molar-refractivity contribution is 5.59. The number of hydrogen-bond donors (Lipinski definition) is 1. The molecule has 0 aromatic heterocycles. The van der Waals surface area contributed by atoms with E-state index in [9.17, 15) is 4.79 Å². The molecule has 0 aliphatic heterocycles. The summed E-state index contributed by atoms with van der Waals surface area (Å²) in [5, 5.41) is 7.95. The molecule has 0 aliphatic carbocycles. The van der Waals surface area contributed by atoms with Crippen LogP contribution >= 0.6 is 0 Å². The molecule has 0 bridgehead atoms. The molecule has 4 heteroatoms. The molecule has 0 spiro atoms. The Balaban J connectivity index is 3.77. The van der Waals surface area contributed by atoms with Crippen molar-refractivity contribution in [3.05, 3.63) is 0 Å². The number of unbranched alkanes of at least 4 members (excludes halogenated alkanes) is 1. The summed E-state index contributed by atoms with van der Waals surface area (Å²) in [6.45, 7) is 5.61. The molecule has 0 rings (SSSR count). The van der Waals surface area contributed by atoms with Crippen LogP contribution in [-0.2, 0) is 9.62 Å². The van der Waals surface area contributed by atoms with Crippen LogP contribution in [-0.4, -0.2) is 17.0 Å². The molecule has 0 amide bonds. The molecule has 72 valence electrons. The molecule has 0 fully saturated rings. The number of rotatable bonds is 4. The smallest absolute Gasteiger partial charge is 0.426 e. The van der Waals surface area contributed by atoms with E-state index >= 15 is 0 Å². The first-order chi connectivity index (χ1) is 5.52. The lowest BCUT2D eigenvalue weighted by Gasteiger charge is -2.22. The van der Waals surface area contributed by atoms with E-state index in [4.69, 9.17) is 9.99 Å². The minimum atomic E-state index is -1.05. The van der Waals surface area contributed by atoms with Crippen LogP contribution in [0.15, 0.2) is 0 Å².